The molecule has 0 radical (unpaired) electrons. The number of aryl methyl sites for hydroxylation is 2. The zero-order valence-corrected chi connectivity index (χ0v) is 15.2. The molecular formula is C17H22N2O4S. The first-order valence-corrected chi connectivity index (χ1v) is 8.74. The molecule has 2 aromatic rings. The molecule has 0 aliphatic rings. The molecule has 0 aliphatic heterocycles. The van der Waals surface area contributed by atoms with Crippen LogP contribution < -0.4 is 0 Å². The van der Waals surface area contributed by atoms with Gasteiger partial charge < -0.3 is 9.26 Å². The fraction of sp³-hybridized carbons (Fsp3) is 0.529. The van der Waals surface area contributed by atoms with E-state index in [1.54, 1.807) is 11.3 Å². The van der Waals surface area contributed by atoms with Crippen LogP contribution >= 0.6 is 11.3 Å². The summed E-state index contributed by atoms with van der Waals surface area (Å²) in [6, 6.07) is 1.86. The Hall–Kier alpha value is -2.02. The van der Waals surface area contributed by atoms with Crippen molar-refractivity contribution >= 4 is 23.1 Å². The van der Waals surface area contributed by atoms with Crippen LogP contribution in [0, 0.1) is 19.8 Å². The van der Waals surface area contributed by atoms with Gasteiger partial charge in [-0.3, -0.25) is 9.59 Å². The van der Waals surface area contributed by atoms with Crippen LogP contribution in [0.5, 0.6) is 0 Å². The van der Waals surface area contributed by atoms with Gasteiger partial charge in [0.05, 0.1) is 6.42 Å². The standard InChI is InChI=1S/C17H22N2O4S/c1-10(2)7-15-18-16(23-19-15)9-22-17(21)6-5-14(20)13-8-11(3)24-12(13)4/h8,10H,5-7,9H2,1-4H3. The van der Waals surface area contributed by atoms with Gasteiger partial charge in [-0.25, -0.2) is 0 Å². The van der Waals surface area contributed by atoms with Gasteiger partial charge in [0.15, 0.2) is 18.2 Å². The summed E-state index contributed by atoms with van der Waals surface area (Å²) in [5.41, 5.74) is 0.695. The Kier molecular flexibility index (Phi) is 6.25. The Morgan fingerprint density at radius 1 is 1.29 bits per heavy atom. The molecule has 2 aromatic heterocycles. The van der Waals surface area contributed by atoms with Crippen molar-refractivity contribution in [2.75, 3.05) is 0 Å². The maximum Gasteiger partial charge on any atom is 0.306 e. The van der Waals surface area contributed by atoms with Gasteiger partial charge in [-0.15, -0.1) is 11.3 Å². The molecule has 0 N–H and O–H groups in total. The number of esters is 1. The van der Waals surface area contributed by atoms with Crippen LogP contribution in [-0.2, 0) is 22.6 Å². The quantitative estimate of drug-likeness (QED) is 0.534. The van der Waals surface area contributed by atoms with Crippen molar-refractivity contribution in [2.45, 2.75) is 53.6 Å². The summed E-state index contributed by atoms with van der Waals surface area (Å²) in [6.07, 6.45) is 0.893. The van der Waals surface area contributed by atoms with Crippen LogP contribution in [0.1, 0.15) is 58.5 Å². The maximum atomic E-state index is 12.1. The molecule has 0 saturated carbocycles. The molecule has 24 heavy (non-hydrogen) atoms. The first-order valence-electron chi connectivity index (χ1n) is 7.92. The average molecular weight is 350 g/mol. The van der Waals surface area contributed by atoms with Crippen molar-refractivity contribution in [3.8, 4) is 0 Å². The lowest BCUT2D eigenvalue weighted by molar-refractivity contribution is -0.145. The molecule has 130 valence electrons. The summed E-state index contributed by atoms with van der Waals surface area (Å²) in [6.45, 7) is 7.93. The molecule has 0 bridgehead atoms. The minimum Gasteiger partial charge on any atom is -0.456 e. The van der Waals surface area contributed by atoms with E-state index in [4.69, 9.17) is 9.26 Å². The van der Waals surface area contributed by atoms with Crippen LogP contribution in [-0.4, -0.2) is 21.9 Å². The SMILES string of the molecule is Cc1cc(C(=O)CCC(=O)OCc2nc(CC(C)C)no2)c(C)s1. The van der Waals surface area contributed by atoms with Gasteiger partial charge in [0, 0.05) is 28.2 Å². The highest BCUT2D eigenvalue weighted by atomic mass is 32.1. The fourth-order valence-electron chi connectivity index (χ4n) is 2.27. The van der Waals surface area contributed by atoms with Crippen molar-refractivity contribution in [3.05, 3.63) is 33.1 Å². The predicted molar refractivity (Wildman–Crippen MR) is 90.0 cm³/mol. The number of ketones is 1. The van der Waals surface area contributed by atoms with Crippen LogP contribution in [0.15, 0.2) is 10.6 Å². The van der Waals surface area contributed by atoms with Crippen molar-refractivity contribution in [2.24, 2.45) is 5.92 Å². The number of carbonyl (C=O) groups is 2. The minimum absolute atomic E-state index is 0.0363. The third-order valence-corrected chi connectivity index (χ3v) is 4.32. The minimum atomic E-state index is -0.448. The lowest BCUT2D eigenvalue weighted by Crippen LogP contribution is -2.08. The van der Waals surface area contributed by atoms with Crippen LogP contribution in [0.25, 0.3) is 0 Å². The molecule has 0 unspecified atom stereocenters. The lowest BCUT2D eigenvalue weighted by Gasteiger charge is -2.02. The molecule has 2 heterocycles. The Morgan fingerprint density at radius 2 is 2.04 bits per heavy atom. The third kappa shape index (κ3) is 5.26. The smallest absolute Gasteiger partial charge is 0.306 e. The number of rotatable bonds is 8. The zero-order valence-electron chi connectivity index (χ0n) is 14.4. The van der Waals surface area contributed by atoms with Crippen LogP contribution in [0.2, 0.25) is 0 Å². The Labute approximate surface area is 145 Å². The highest BCUT2D eigenvalue weighted by molar-refractivity contribution is 7.12. The molecule has 0 amide bonds. The van der Waals surface area contributed by atoms with E-state index in [2.05, 4.69) is 24.0 Å². The van der Waals surface area contributed by atoms with Gasteiger partial charge in [0.2, 0.25) is 0 Å². The predicted octanol–water partition coefficient (Wildman–Crippen LogP) is 3.65. The van der Waals surface area contributed by atoms with E-state index in [1.807, 2.05) is 19.9 Å². The molecule has 0 aliphatic carbocycles. The number of hydrogen-bond acceptors (Lipinski definition) is 7. The van der Waals surface area contributed by atoms with Crippen LogP contribution in [0.4, 0.5) is 0 Å². The fourth-order valence-corrected chi connectivity index (χ4v) is 3.21. The van der Waals surface area contributed by atoms with E-state index in [9.17, 15) is 9.59 Å². The molecule has 0 atom stereocenters. The molecule has 0 spiro atoms. The van der Waals surface area contributed by atoms with Crippen LogP contribution in [0.3, 0.4) is 0 Å². The maximum absolute atomic E-state index is 12.1. The van der Waals surface area contributed by atoms with E-state index in [-0.39, 0.29) is 31.1 Å². The zero-order chi connectivity index (χ0) is 17.7. The van der Waals surface area contributed by atoms with E-state index in [0.717, 1.165) is 9.75 Å². The van der Waals surface area contributed by atoms with E-state index < -0.39 is 5.97 Å². The topological polar surface area (TPSA) is 82.3 Å². The largest absolute Gasteiger partial charge is 0.456 e. The second kappa shape index (κ2) is 8.19. The van der Waals surface area contributed by atoms with Gasteiger partial charge >= 0.3 is 5.97 Å². The second-order valence-electron chi connectivity index (χ2n) is 6.11. The molecule has 6 nitrogen and oxygen atoms in total. The summed E-state index contributed by atoms with van der Waals surface area (Å²) in [5, 5.41) is 3.83. The molecule has 2 rings (SSSR count). The average Bonchev–Trinajstić information content (AvgIpc) is 3.08. The van der Waals surface area contributed by atoms with E-state index >= 15 is 0 Å². The number of ether oxygens (including phenoxy) is 1. The molecule has 7 heteroatoms. The molecule has 0 saturated heterocycles. The molecule has 0 aromatic carbocycles. The highest BCUT2D eigenvalue weighted by Crippen LogP contribution is 2.22. The van der Waals surface area contributed by atoms with Gasteiger partial charge in [-0.1, -0.05) is 19.0 Å². The summed E-state index contributed by atoms with van der Waals surface area (Å²) < 4.78 is 10.1. The van der Waals surface area contributed by atoms with Crippen molar-refractivity contribution in [3.63, 3.8) is 0 Å². The summed E-state index contributed by atoms with van der Waals surface area (Å²) in [5.74, 6) is 0.819. The van der Waals surface area contributed by atoms with Gasteiger partial charge in [0.25, 0.3) is 5.89 Å². The Morgan fingerprint density at radius 3 is 2.67 bits per heavy atom. The Balaban J connectivity index is 1.76. The number of aromatic nitrogens is 2. The van der Waals surface area contributed by atoms with Crippen molar-refractivity contribution in [1.29, 1.82) is 0 Å². The Bertz CT molecular complexity index is 718. The van der Waals surface area contributed by atoms with Crippen molar-refractivity contribution < 1.29 is 18.8 Å². The summed E-state index contributed by atoms with van der Waals surface area (Å²) in [4.78, 5) is 30.1. The summed E-state index contributed by atoms with van der Waals surface area (Å²) in [7, 11) is 0. The second-order valence-corrected chi connectivity index (χ2v) is 7.57. The van der Waals surface area contributed by atoms with Gasteiger partial charge in [-0.05, 0) is 25.8 Å². The lowest BCUT2D eigenvalue weighted by atomic mass is 10.1. The number of carbonyl (C=O) groups excluding carboxylic acids is 2. The number of nitrogens with zero attached hydrogens (tertiary/aromatic N) is 2. The first-order chi connectivity index (χ1) is 11.3. The normalized spacial score (nSPS) is 11.0. The van der Waals surface area contributed by atoms with Gasteiger partial charge in [-0.2, -0.15) is 4.98 Å². The van der Waals surface area contributed by atoms with E-state index in [1.165, 1.54) is 0 Å². The summed E-state index contributed by atoms with van der Waals surface area (Å²) >= 11 is 1.58. The van der Waals surface area contributed by atoms with E-state index in [0.29, 0.717) is 23.7 Å². The highest BCUT2D eigenvalue weighted by Gasteiger charge is 2.15. The number of thiophene rings is 1. The third-order valence-electron chi connectivity index (χ3n) is 3.36. The number of hydrogen-bond donors (Lipinski definition) is 0. The van der Waals surface area contributed by atoms with Gasteiger partial charge in [0.1, 0.15) is 0 Å². The molecule has 0 fully saturated rings. The molecular weight excluding hydrogens is 328 g/mol. The number of Topliss-reactive ketones (excluding diaryl/α,β-unsaturated/α-hetero) is 1. The first kappa shape index (κ1) is 18.3. The van der Waals surface area contributed by atoms with Crippen molar-refractivity contribution in [1.82, 2.24) is 10.1 Å². The monoisotopic (exact) mass is 350 g/mol.